The molecular weight excluding hydrogens is 357 g/mol. The monoisotopic (exact) mass is 384 g/mol. The second-order valence-corrected chi connectivity index (χ2v) is 7.26. The van der Waals surface area contributed by atoms with Crippen LogP contribution >= 0.6 is 0 Å². The molecule has 1 aromatic carbocycles. The molecular formula is C19H27F3N4O. The topological polar surface area (TPSA) is 38.8 Å². The van der Waals surface area contributed by atoms with Gasteiger partial charge in [0.05, 0.1) is 6.54 Å². The van der Waals surface area contributed by atoms with Crippen LogP contribution in [0.1, 0.15) is 17.5 Å². The smallest absolute Gasteiger partial charge is 0.337 e. The molecule has 2 amide bonds. The highest BCUT2D eigenvalue weighted by Crippen LogP contribution is 2.18. The van der Waals surface area contributed by atoms with Gasteiger partial charge in [0.25, 0.3) is 0 Å². The summed E-state index contributed by atoms with van der Waals surface area (Å²) in [7, 11) is 0. The Hall–Kier alpha value is -1.80. The average Bonchev–Trinajstić information content (AvgIpc) is 2.85. The maximum Gasteiger partial charge on any atom is 0.401 e. The number of rotatable bonds is 4. The summed E-state index contributed by atoms with van der Waals surface area (Å²) < 4.78 is 37.6. The van der Waals surface area contributed by atoms with E-state index in [1.165, 1.54) is 16.0 Å². The standard InChI is InChI=1S/C19H27F3N4O/c20-19(21,22)15-25-8-3-9-26(13-12-25)18(27)23-7-11-24-10-6-16-4-1-2-5-17(16)14-24/h1-2,4-5H,3,6-15H2,(H,23,27). The predicted octanol–water partition coefficient (Wildman–Crippen LogP) is 2.32. The van der Waals surface area contributed by atoms with Crippen molar-refractivity contribution in [2.45, 2.75) is 25.6 Å². The first-order valence-corrected chi connectivity index (χ1v) is 9.52. The summed E-state index contributed by atoms with van der Waals surface area (Å²) in [6.45, 7) is 3.74. The van der Waals surface area contributed by atoms with E-state index in [1.54, 1.807) is 4.90 Å². The van der Waals surface area contributed by atoms with Crippen LogP contribution in [-0.2, 0) is 13.0 Å². The van der Waals surface area contributed by atoms with Crippen LogP contribution in [0.15, 0.2) is 24.3 Å². The number of hydrogen-bond donors (Lipinski definition) is 1. The minimum atomic E-state index is -4.19. The maximum atomic E-state index is 12.5. The van der Waals surface area contributed by atoms with Crippen molar-refractivity contribution in [2.24, 2.45) is 0 Å². The van der Waals surface area contributed by atoms with Crippen LogP contribution in [0.4, 0.5) is 18.0 Å². The molecule has 0 bridgehead atoms. The van der Waals surface area contributed by atoms with E-state index in [9.17, 15) is 18.0 Å². The molecule has 0 radical (unpaired) electrons. The summed E-state index contributed by atoms with van der Waals surface area (Å²) in [5.74, 6) is 0. The van der Waals surface area contributed by atoms with Crippen molar-refractivity contribution < 1.29 is 18.0 Å². The first kappa shape index (κ1) is 19.9. The number of carbonyl (C=O) groups excluding carboxylic acids is 1. The first-order valence-electron chi connectivity index (χ1n) is 9.52. The second-order valence-electron chi connectivity index (χ2n) is 7.26. The Balaban J connectivity index is 1.38. The largest absolute Gasteiger partial charge is 0.401 e. The Bertz CT molecular complexity index is 638. The van der Waals surface area contributed by atoms with Gasteiger partial charge in [-0.25, -0.2) is 4.79 Å². The number of hydrogen-bond acceptors (Lipinski definition) is 3. The highest BCUT2D eigenvalue weighted by molar-refractivity contribution is 5.74. The van der Waals surface area contributed by atoms with Gasteiger partial charge in [-0.15, -0.1) is 0 Å². The first-order chi connectivity index (χ1) is 12.9. The third kappa shape index (κ3) is 6.10. The van der Waals surface area contributed by atoms with Crippen LogP contribution in [0.2, 0.25) is 0 Å². The van der Waals surface area contributed by atoms with Crippen LogP contribution in [-0.4, -0.2) is 79.3 Å². The predicted molar refractivity (Wildman–Crippen MR) is 97.5 cm³/mol. The van der Waals surface area contributed by atoms with E-state index in [0.29, 0.717) is 32.6 Å². The number of urea groups is 1. The van der Waals surface area contributed by atoms with Crippen molar-refractivity contribution in [2.75, 3.05) is 52.4 Å². The van der Waals surface area contributed by atoms with Gasteiger partial charge in [0.15, 0.2) is 0 Å². The molecule has 0 aliphatic carbocycles. The van der Waals surface area contributed by atoms with Crippen molar-refractivity contribution >= 4 is 6.03 Å². The Labute approximate surface area is 158 Å². The maximum absolute atomic E-state index is 12.5. The third-order valence-corrected chi connectivity index (χ3v) is 5.19. The molecule has 0 aromatic heterocycles. The van der Waals surface area contributed by atoms with E-state index < -0.39 is 12.7 Å². The summed E-state index contributed by atoms with van der Waals surface area (Å²) in [6, 6.07) is 8.23. The van der Waals surface area contributed by atoms with Gasteiger partial charge in [0.2, 0.25) is 0 Å². The second kappa shape index (κ2) is 8.93. The number of carbonyl (C=O) groups is 1. The molecule has 2 heterocycles. The van der Waals surface area contributed by atoms with Gasteiger partial charge in [-0.2, -0.15) is 13.2 Å². The molecule has 8 heteroatoms. The summed E-state index contributed by atoms with van der Waals surface area (Å²) in [6.07, 6.45) is -2.61. The van der Waals surface area contributed by atoms with Gasteiger partial charge in [-0.3, -0.25) is 9.80 Å². The molecule has 1 saturated heterocycles. The van der Waals surface area contributed by atoms with E-state index in [0.717, 1.165) is 26.1 Å². The summed E-state index contributed by atoms with van der Waals surface area (Å²) >= 11 is 0. The van der Waals surface area contributed by atoms with Crippen LogP contribution in [0, 0.1) is 0 Å². The van der Waals surface area contributed by atoms with Gasteiger partial charge < -0.3 is 10.2 Å². The van der Waals surface area contributed by atoms with Crippen molar-refractivity contribution in [1.29, 1.82) is 0 Å². The molecule has 27 heavy (non-hydrogen) atoms. The number of nitrogens with zero attached hydrogens (tertiary/aromatic N) is 3. The van der Waals surface area contributed by atoms with Crippen molar-refractivity contribution in [3.05, 3.63) is 35.4 Å². The molecule has 0 spiro atoms. The zero-order valence-electron chi connectivity index (χ0n) is 15.5. The molecule has 0 saturated carbocycles. The van der Waals surface area contributed by atoms with Crippen LogP contribution in [0.5, 0.6) is 0 Å². The lowest BCUT2D eigenvalue weighted by Gasteiger charge is -2.29. The fourth-order valence-electron chi connectivity index (χ4n) is 3.76. The quantitative estimate of drug-likeness (QED) is 0.866. The zero-order valence-corrected chi connectivity index (χ0v) is 15.5. The molecule has 3 rings (SSSR count). The fourth-order valence-corrected chi connectivity index (χ4v) is 3.76. The van der Waals surface area contributed by atoms with Gasteiger partial charge in [0, 0.05) is 52.4 Å². The van der Waals surface area contributed by atoms with E-state index in [-0.39, 0.29) is 12.6 Å². The van der Waals surface area contributed by atoms with Gasteiger partial charge in [0.1, 0.15) is 0 Å². The Morgan fingerprint density at radius 3 is 2.56 bits per heavy atom. The summed E-state index contributed by atoms with van der Waals surface area (Å²) in [5.41, 5.74) is 2.73. The van der Waals surface area contributed by atoms with E-state index >= 15 is 0 Å². The van der Waals surface area contributed by atoms with Gasteiger partial charge >= 0.3 is 12.2 Å². The average molecular weight is 384 g/mol. The van der Waals surface area contributed by atoms with E-state index in [2.05, 4.69) is 28.4 Å². The van der Waals surface area contributed by atoms with Crippen LogP contribution in [0.25, 0.3) is 0 Å². The van der Waals surface area contributed by atoms with Crippen molar-refractivity contribution in [1.82, 2.24) is 20.0 Å². The summed E-state index contributed by atoms with van der Waals surface area (Å²) in [4.78, 5) is 17.7. The van der Waals surface area contributed by atoms with Gasteiger partial charge in [-0.1, -0.05) is 24.3 Å². The number of benzene rings is 1. The molecule has 1 N–H and O–H groups in total. The number of fused-ring (bicyclic) bond motifs is 1. The van der Waals surface area contributed by atoms with E-state index in [4.69, 9.17) is 0 Å². The normalized spacial score (nSPS) is 19.4. The molecule has 1 aromatic rings. The third-order valence-electron chi connectivity index (χ3n) is 5.19. The van der Waals surface area contributed by atoms with E-state index in [1.807, 2.05) is 6.07 Å². The Kier molecular flexibility index (Phi) is 6.59. The molecule has 2 aliphatic rings. The van der Waals surface area contributed by atoms with Crippen LogP contribution < -0.4 is 5.32 Å². The zero-order chi connectivity index (χ0) is 19.3. The Morgan fingerprint density at radius 1 is 1.00 bits per heavy atom. The summed E-state index contributed by atoms with van der Waals surface area (Å²) in [5, 5.41) is 2.92. The molecule has 5 nitrogen and oxygen atoms in total. The lowest BCUT2D eigenvalue weighted by Crippen LogP contribution is -2.45. The number of alkyl halides is 3. The minimum Gasteiger partial charge on any atom is -0.337 e. The lowest BCUT2D eigenvalue weighted by atomic mass is 10.00. The lowest BCUT2D eigenvalue weighted by molar-refractivity contribution is -0.145. The molecule has 150 valence electrons. The molecule has 0 unspecified atom stereocenters. The van der Waals surface area contributed by atoms with Gasteiger partial charge in [-0.05, 0) is 24.0 Å². The van der Waals surface area contributed by atoms with Crippen LogP contribution in [0.3, 0.4) is 0 Å². The minimum absolute atomic E-state index is 0.179. The molecule has 0 atom stereocenters. The van der Waals surface area contributed by atoms with Crippen molar-refractivity contribution in [3.63, 3.8) is 0 Å². The SMILES string of the molecule is O=C(NCCN1CCc2ccccc2C1)N1CCCN(CC(F)(F)F)CC1. The number of amides is 2. The highest BCUT2D eigenvalue weighted by atomic mass is 19.4. The Morgan fingerprint density at radius 2 is 1.78 bits per heavy atom. The molecule has 1 fully saturated rings. The number of halogens is 3. The fraction of sp³-hybridized carbons (Fsp3) is 0.632. The van der Waals surface area contributed by atoms with Crippen molar-refractivity contribution in [3.8, 4) is 0 Å². The highest BCUT2D eigenvalue weighted by Gasteiger charge is 2.31. The number of nitrogens with one attached hydrogen (secondary N) is 1. The molecule has 2 aliphatic heterocycles.